The number of carbonyl (C=O) groups excluding carboxylic acids is 2. The molecule has 1 saturated heterocycles. The molecule has 1 heterocycles. The van der Waals surface area contributed by atoms with Crippen LogP contribution in [0.5, 0.6) is 0 Å². The summed E-state index contributed by atoms with van der Waals surface area (Å²) in [6.07, 6.45) is 2.52. The highest BCUT2D eigenvalue weighted by molar-refractivity contribution is 5.84. The fourth-order valence-electron chi connectivity index (χ4n) is 2.12. The van der Waals surface area contributed by atoms with Crippen LogP contribution in [0.4, 0.5) is 0 Å². The quantitative estimate of drug-likeness (QED) is 0.596. The Morgan fingerprint density at radius 1 is 1.21 bits per heavy atom. The lowest BCUT2D eigenvalue weighted by molar-refractivity contribution is -0.136. The van der Waals surface area contributed by atoms with Gasteiger partial charge in [0.05, 0.1) is 5.41 Å². The smallest absolute Gasteiger partial charge is 0.227 e. The van der Waals surface area contributed by atoms with E-state index in [9.17, 15) is 9.59 Å². The molecule has 0 saturated carbocycles. The van der Waals surface area contributed by atoms with E-state index in [1.807, 2.05) is 6.92 Å². The van der Waals surface area contributed by atoms with Gasteiger partial charge in [0.15, 0.2) is 0 Å². The average molecular weight is 271 g/mol. The summed E-state index contributed by atoms with van der Waals surface area (Å²) >= 11 is 0. The third-order valence-corrected chi connectivity index (χ3v) is 3.53. The number of ether oxygens (including phenoxy) is 1. The van der Waals surface area contributed by atoms with E-state index in [4.69, 9.17) is 10.5 Å². The molecule has 6 nitrogen and oxygen atoms in total. The SMILES string of the molecule is CCCNC(=O)CCNC(=O)C1(CN)CCOCC1. The van der Waals surface area contributed by atoms with Gasteiger partial charge in [-0.05, 0) is 19.3 Å². The molecule has 1 fully saturated rings. The molecule has 0 aromatic carbocycles. The zero-order chi connectivity index (χ0) is 14.1. The van der Waals surface area contributed by atoms with Crippen LogP contribution >= 0.6 is 0 Å². The highest BCUT2D eigenvalue weighted by atomic mass is 16.5. The molecule has 0 aliphatic carbocycles. The number of nitrogens with two attached hydrogens (primary N) is 1. The van der Waals surface area contributed by atoms with Crippen molar-refractivity contribution in [2.75, 3.05) is 32.8 Å². The predicted molar refractivity (Wildman–Crippen MR) is 72.5 cm³/mol. The van der Waals surface area contributed by atoms with E-state index in [1.165, 1.54) is 0 Å². The summed E-state index contributed by atoms with van der Waals surface area (Å²) in [6.45, 7) is 4.50. The number of amides is 2. The lowest BCUT2D eigenvalue weighted by atomic mass is 9.79. The second-order valence-electron chi connectivity index (χ2n) is 4.95. The van der Waals surface area contributed by atoms with Gasteiger partial charge in [-0.3, -0.25) is 9.59 Å². The van der Waals surface area contributed by atoms with Gasteiger partial charge < -0.3 is 21.1 Å². The summed E-state index contributed by atoms with van der Waals surface area (Å²) in [7, 11) is 0. The molecule has 0 aromatic heterocycles. The second-order valence-corrected chi connectivity index (χ2v) is 4.95. The molecular weight excluding hydrogens is 246 g/mol. The number of hydrogen-bond acceptors (Lipinski definition) is 4. The fourth-order valence-corrected chi connectivity index (χ4v) is 2.12. The Balaban J connectivity index is 2.31. The highest BCUT2D eigenvalue weighted by Gasteiger charge is 2.38. The summed E-state index contributed by atoms with van der Waals surface area (Å²) < 4.78 is 5.26. The van der Waals surface area contributed by atoms with Crippen molar-refractivity contribution in [1.82, 2.24) is 10.6 Å². The molecule has 1 aliphatic heterocycles. The molecule has 110 valence electrons. The monoisotopic (exact) mass is 271 g/mol. The van der Waals surface area contributed by atoms with Crippen molar-refractivity contribution in [3.63, 3.8) is 0 Å². The average Bonchev–Trinajstić information content (AvgIpc) is 2.45. The van der Waals surface area contributed by atoms with Gasteiger partial charge in [-0.15, -0.1) is 0 Å². The van der Waals surface area contributed by atoms with Crippen LogP contribution < -0.4 is 16.4 Å². The number of carbonyl (C=O) groups is 2. The van der Waals surface area contributed by atoms with E-state index in [-0.39, 0.29) is 11.8 Å². The van der Waals surface area contributed by atoms with Crippen LogP contribution in [0.3, 0.4) is 0 Å². The molecule has 6 heteroatoms. The van der Waals surface area contributed by atoms with E-state index in [1.54, 1.807) is 0 Å². The molecule has 4 N–H and O–H groups in total. The molecule has 0 atom stereocenters. The molecule has 0 bridgehead atoms. The minimum atomic E-state index is -0.516. The fraction of sp³-hybridized carbons (Fsp3) is 0.846. The van der Waals surface area contributed by atoms with Crippen LogP contribution in [-0.4, -0.2) is 44.7 Å². The minimum Gasteiger partial charge on any atom is -0.381 e. The molecule has 0 aromatic rings. The summed E-state index contributed by atoms with van der Waals surface area (Å²) in [4.78, 5) is 23.6. The largest absolute Gasteiger partial charge is 0.381 e. The van der Waals surface area contributed by atoms with E-state index in [0.29, 0.717) is 52.1 Å². The summed E-state index contributed by atoms with van der Waals surface area (Å²) in [6, 6.07) is 0. The number of nitrogens with one attached hydrogen (secondary N) is 2. The van der Waals surface area contributed by atoms with Crippen LogP contribution in [0.2, 0.25) is 0 Å². The minimum absolute atomic E-state index is 0.0316. The van der Waals surface area contributed by atoms with Gasteiger partial charge in [0, 0.05) is 39.3 Å². The maximum absolute atomic E-state index is 12.2. The Bertz CT molecular complexity index is 302. The first-order chi connectivity index (χ1) is 9.14. The van der Waals surface area contributed by atoms with Gasteiger partial charge in [-0.25, -0.2) is 0 Å². The first-order valence-corrected chi connectivity index (χ1v) is 6.97. The van der Waals surface area contributed by atoms with Gasteiger partial charge in [-0.2, -0.15) is 0 Å². The third kappa shape index (κ3) is 4.80. The molecule has 0 radical (unpaired) electrons. The van der Waals surface area contributed by atoms with E-state index >= 15 is 0 Å². The van der Waals surface area contributed by atoms with Gasteiger partial charge in [0.25, 0.3) is 0 Å². The Morgan fingerprint density at radius 2 is 1.89 bits per heavy atom. The van der Waals surface area contributed by atoms with Crippen LogP contribution in [0.1, 0.15) is 32.6 Å². The predicted octanol–water partition coefficient (Wildman–Crippen LogP) is -0.226. The Hall–Kier alpha value is -1.14. The molecule has 0 spiro atoms. The molecule has 1 aliphatic rings. The van der Waals surface area contributed by atoms with E-state index < -0.39 is 5.41 Å². The molecule has 0 unspecified atom stereocenters. The van der Waals surface area contributed by atoms with Crippen LogP contribution in [0.15, 0.2) is 0 Å². The maximum Gasteiger partial charge on any atom is 0.227 e. The summed E-state index contributed by atoms with van der Waals surface area (Å²) in [5.74, 6) is -0.0856. The topological polar surface area (TPSA) is 93.5 Å². The lowest BCUT2D eigenvalue weighted by Gasteiger charge is -2.34. The van der Waals surface area contributed by atoms with Crippen molar-refractivity contribution in [2.45, 2.75) is 32.6 Å². The molecule has 2 amide bonds. The Labute approximate surface area is 114 Å². The summed E-state index contributed by atoms with van der Waals surface area (Å²) in [5.41, 5.74) is 5.23. The van der Waals surface area contributed by atoms with E-state index in [0.717, 1.165) is 6.42 Å². The highest BCUT2D eigenvalue weighted by Crippen LogP contribution is 2.29. The van der Waals surface area contributed by atoms with Crippen LogP contribution in [0, 0.1) is 5.41 Å². The van der Waals surface area contributed by atoms with Crippen molar-refractivity contribution < 1.29 is 14.3 Å². The second kappa shape index (κ2) is 8.12. The van der Waals surface area contributed by atoms with Gasteiger partial charge in [0.2, 0.25) is 11.8 Å². The maximum atomic E-state index is 12.2. The van der Waals surface area contributed by atoms with Gasteiger partial charge in [0.1, 0.15) is 0 Å². The summed E-state index contributed by atoms with van der Waals surface area (Å²) in [5, 5.41) is 5.59. The van der Waals surface area contributed by atoms with Crippen LogP contribution in [-0.2, 0) is 14.3 Å². The third-order valence-electron chi connectivity index (χ3n) is 3.53. The molecule has 19 heavy (non-hydrogen) atoms. The normalized spacial score (nSPS) is 17.8. The van der Waals surface area contributed by atoms with Crippen LogP contribution in [0.25, 0.3) is 0 Å². The zero-order valence-corrected chi connectivity index (χ0v) is 11.7. The standard InChI is InChI=1S/C13H25N3O3/c1-2-6-15-11(17)3-7-16-12(18)13(10-14)4-8-19-9-5-13/h2-10,14H2,1H3,(H,15,17)(H,16,18). The Morgan fingerprint density at radius 3 is 2.47 bits per heavy atom. The zero-order valence-electron chi connectivity index (χ0n) is 11.7. The molecule has 1 rings (SSSR count). The Kier molecular flexibility index (Phi) is 6.80. The van der Waals surface area contributed by atoms with Gasteiger partial charge >= 0.3 is 0 Å². The van der Waals surface area contributed by atoms with Crippen molar-refractivity contribution >= 4 is 11.8 Å². The van der Waals surface area contributed by atoms with E-state index in [2.05, 4.69) is 10.6 Å². The van der Waals surface area contributed by atoms with Crippen molar-refractivity contribution in [3.05, 3.63) is 0 Å². The lowest BCUT2D eigenvalue weighted by Crippen LogP contribution is -2.49. The van der Waals surface area contributed by atoms with Crippen molar-refractivity contribution in [3.8, 4) is 0 Å². The van der Waals surface area contributed by atoms with Gasteiger partial charge in [-0.1, -0.05) is 6.92 Å². The number of hydrogen-bond donors (Lipinski definition) is 3. The first kappa shape index (κ1) is 15.9. The van der Waals surface area contributed by atoms with Crippen molar-refractivity contribution in [1.29, 1.82) is 0 Å². The number of rotatable bonds is 7. The van der Waals surface area contributed by atoms with Crippen molar-refractivity contribution in [2.24, 2.45) is 11.1 Å². The molecular formula is C13H25N3O3. The first-order valence-electron chi connectivity index (χ1n) is 6.97.